The summed E-state index contributed by atoms with van der Waals surface area (Å²) < 4.78 is 5.42. The highest BCUT2D eigenvalue weighted by Crippen LogP contribution is 2.21. The molecule has 2 heterocycles. The molecule has 0 aliphatic heterocycles. The van der Waals surface area contributed by atoms with E-state index in [-0.39, 0.29) is 0 Å². The number of hydrogen-bond acceptors (Lipinski definition) is 3. The molecule has 2 rings (SSSR count). The van der Waals surface area contributed by atoms with Crippen LogP contribution >= 0.6 is 0 Å². The van der Waals surface area contributed by atoms with Gasteiger partial charge in [0.25, 0.3) is 0 Å². The Morgan fingerprint density at radius 2 is 2.36 bits per heavy atom. The maximum absolute atomic E-state index is 5.42. The zero-order valence-corrected chi connectivity index (χ0v) is 8.50. The third-order valence-corrected chi connectivity index (χ3v) is 2.31. The van der Waals surface area contributed by atoms with Gasteiger partial charge in [-0.25, -0.2) is 0 Å². The number of aromatic nitrogens is 1. The van der Waals surface area contributed by atoms with E-state index in [1.54, 1.807) is 6.26 Å². The minimum atomic E-state index is 0.765. The van der Waals surface area contributed by atoms with Gasteiger partial charge in [0.1, 0.15) is 0 Å². The fourth-order valence-corrected chi connectivity index (χ4v) is 1.52. The van der Waals surface area contributed by atoms with E-state index in [0.29, 0.717) is 0 Å². The Labute approximate surface area is 83.1 Å². The molecule has 0 saturated carbocycles. The quantitative estimate of drug-likeness (QED) is 0.806. The van der Waals surface area contributed by atoms with Gasteiger partial charge in [-0.15, -0.1) is 0 Å². The van der Waals surface area contributed by atoms with Crippen LogP contribution in [0.5, 0.6) is 0 Å². The van der Waals surface area contributed by atoms with E-state index in [4.69, 9.17) is 4.42 Å². The molecule has 0 bridgehead atoms. The van der Waals surface area contributed by atoms with Crippen LogP contribution < -0.4 is 5.32 Å². The number of nitrogens with zero attached hydrogens (tertiary/aromatic N) is 1. The van der Waals surface area contributed by atoms with E-state index < -0.39 is 0 Å². The van der Waals surface area contributed by atoms with Crippen LogP contribution in [0, 0.1) is 6.92 Å². The number of furan rings is 1. The molecular weight excluding hydrogens is 176 g/mol. The topological polar surface area (TPSA) is 38.1 Å². The number of hydrogen-bond donors (Lipinski definition) is 1. The van der Waals surface area contributed by atoms with Crippen molar-refractivity contribution in [1.82, 2.24) is 10.3 Å². The van der Waals surface area contributed by atoms with Gasteiger partial charge in [0, 0.05) is 18.1 Å². The summed E-state index contributed by atoms with van der Waals surface area (Å²) in [5, 5.41) is 4.40. The molecule has 0 amide bonds. The normalized spacial score (nSPS) is 11.0. The second kappa shape index (κ2) is 3.80. The average molecular weight is 190 g/mol. The Kier molecular flexibility index (Phi) is 2.50. The molecule has 3 nitrogen and oxygen atoms in total. The second-order valence-corrected chi connectivity index (χ2v) is 3.33. The maximum atomic E-state index is 5.42. The Hall–Kier alpha value is -1.35. The van der Waals surface area contributed by atoms with Crippen molar-refractivity contribution < 1.29 is 4.42 Å². The molecule has 0 aliphatic carbocycles. The van der Waals surface area contributed by atoms with Crippen LogP contribution in [0.15, 0.2) is 22.9 Å². The van der Waals surface area contributed by atoms with E-state index in [2.05, 4.69) is 17.2 Å². The Morgan fingerprint density at radius 1 is 1.50 bits per heavy atom. The fourth-order valence-electron chi connectivity index (χ4n) is 1.52. The van der Waals surface area contributed by atoms with Crippen molar-refractivity contribution in [2.75, 3.05) is 6.54 Å². The predicted octanol–water partition coefficient (Wildman–Crippen LogP) is 2.25. The lowest BCUT2D eigenvalue weighted by molar-refractivity contribution is 0.600. The van der Waals surface area contributed by atoms with E-state index in [9.17, 15) is 0 Å². The van der Waals surface area contributed by atoms with Gasteiger partial charge in [0.2, 0.25) is 0 Å². The lowest BCUT2D eigenvalue weighted by Crippen LogP contribution is -2.13. The van der Waals surface area contributed by atoms with Crippen LogP contribution in [0.25, 0.3) is 11.0 Å². The van der Waals surface area contributed by atoms with E-state index >= 15 is 0 Å². The first-order valence-electron chi connectivity index (χ1n) is 4.85. The number of aryl methyl sites for hydroxylation is 1. The number of fused-ring (bicyclic) bond motifs is 1. The SMILES string of the molecule is CCNCc1ncc(C)c2ccoc12. The van der Waals surface area contributed by atoms with E-state index in [0.717, 1.165) is 35.3 Å². The van der Waals surface area contributed by atoms with E-state index in [1.807, 2.05) is 19.2 Å². The Bertz CT molecular complexity index is 434. The molecule has 0 aliphatic rings. The third kappa shape index (κ3) is 1.51. The number of pyridine rings is 1. The third-order valence-electron chi connectivity index (χ3n) is 2.31. The second-order valence-electron chi connectivity index (χ2n) is 3.33. The van der Waals surface area contributed by atoms with Crippen molar-refractivity contribution in [1.29, 1.82) is 0 Å². The molecule has 0 unspecified atom stereocenters. The summed E-state index contributed by atoms with van der Waals surface area (Å²) in [4.78, 5) is 4.36. The molecular formula is C11H14N2O. The van der Waals surface area contributed by atoms with Crippen molar-refractivity contribution in [3.63, 3.8) is 0 Å². The largest absolute Gasteiger partial charge is 0.462 e. The highest BCUT2D eigenvalue weighted by Gasteiger charge is 2.06. The molecule has 3 heteroatoms. The first kappa shape index (κ1) is 9.21. The van der Waals surface area contributed by atoms with Crippen LogP contribution in [0.3, 0.4) is 0 Å². The van der Waals surface area contributed by atoms with Crippen molar-refractivity contribution in [3.05, 3.63) is 29.8 Å². The summed E-state index contributed by atoms with van der Waals surface area (Å²) >= 11 is 0. The summed E-state index contributed by atoms with van der Waals surface area (Å²) in [5.74, 6) is 0. The van der Waals surface area contributed by atoms with Gasteiger partial charge in [-0.3, -0.25) is 4.98 Å². The van der Waals surface area contributed by atoms with Gasteiger partial charge in [-0.1, -0.05) is 6.92 Å². The maximum Gasteiger partial charge on any atom is 0.156 e. The molecule has 2 aromatic rings. The molecule has 0 saturated heterocycles. The summed E-state index contributed by atoms with van der Waals surface area (Å²) in [6, 6.07) is 1.99. The van der Waals surface area contributed by atoms with Crippen molar-refractivity contribution >= 4 is 11.0 Å². The molecule has 0 spiro atoms. The number of rotatable bonds is 3. The van der Waals surface area contributed by atoms with Crippen LogP contribution in [0.1, 0.15) is 18.2 Å². The first-order chi connectivity index (χ1) is 6.83. The van der Waals surface area contributed by atoms with Crippen LogP contribution in [-0.2, 0) is 6.54 Å². The smallest absolute Gasteiger partial charge is 0.156 e. The van der Waals surface area contributed by atoms with Gasteiger partial charge in [-0.2, -0.15) is 0 Å². The summed E-state index contributed by atoms with van der Waals surface area (Å²) in [7, 11) is 0. The fraction of sp³-hybridized carbons (Fsp3) is 0.364. The highest BCUT2D eigenvalue weighted by atomic mass is 16.3. The molecule has 0 aromatic carbocycles. The van der Waals surface area contributed by atoms with Gasteiger partial charge in [-0.05, 0) is 25.1 Å². The monoisotopic (exact) mass is 190 g/mol. The number of nitrogens with one attached hydrogen (secondary N) is 1. The predicted molar refractivity (Wildman–Crippen MR) is 56.1 cm³/mol. The zero-order valence-electron chi connectivity index (χ0n) is 8.50. The zero-order chi connectivity index (χ0) is 9.97. The van der Waals surface area contributed by atoms with Gasteiger partial charge < -0.3 is 9.73 Å². The van der Waals surface area contributed by atoms with E-state index in [1.165, 1.54) is 0 Å². The standard InChI is InChI=1S/C11H14N2O/c1-3-12-7-10-11-9(4-5-14-11)8(2)6-13-10/h4-6,12H,3,7H2,1-2H3. The average Bonchev–Trinajstić information content (AvgIpc) is 2.66. The highest BCUT2D eigenvalue weighted by molar-refractivity contribution is 5.82. The van der Waals surface area contributed by atoms with Crippen molar-refractivity contribution in [2.24, 2.45) is 0 Å². The Balaban J connectivity index is 2.45. The minimum absolute atomic E-state index is 0.765. The molecule has 0 radical (unpaired) electrons. The molecule has 74 valence electrons. The summed E-state index contributed by atoms with van der Waals surface area (Å²) in [5.41, 5.74) is 3.05. The van der Waals surface area contributed by atoms with Crippen molar-refractivity contribution in [3.8, 4) is 0 Å². The lowest BCUT2D eigenvalue weighted by atomic mass is 10.2. The molecule has 0 fully saturated rings. The van der Waals surface area contributed by atoms with Gasteiger partial charge in [0.05, 0.1) is 12.0 Å². The van der Waals surface area contributed by atoms with Gasteiger partial charge in [0.15, 0.2) is 5.58 Å². The molecule has 14 heavy (non-hydrogen) atoms. The first-order valence-corrected chi connectivity index (χ1v) is 4.85. The molecule has 2 aromatic heterocycles. The molecule has 0 atom stereocenters. The minimum Gasteiger partial charge on any atom is -0.462 e. The van der Waals surface area contributed by atoms with Crippen LogP contribution in [0.2, 0.25) is 0 Å². The van der Waals surface area contributed by atoms with Crippen molar-refractivity contribution in [2.45, 2.75) is 20.4 Å². The summed E-state index contributed by atoms with van der Waals surface area (Å²) in [6.45, 7) is 5.83. The van der Waals surface area contributed by atoms with Gasteiger partial charge >= 0.3 is 0 Å². The van der Waals surface area contributed by atoms with Crippen LogP contribution in [0.4, 0.5) is 0 Å². The summed E-state index contributed by atoms with van der Waals surface area (Å²) in [6.07, 6.45) is 3.61. The lowest BCUT2D eigenvalue weighted by Gasteiger charge is -2.03. The Morgan fingerprint density at radius 3 is 3.14 bits per heavy atom. The van der Waals surface area contributed by atoms with Crippen LogP contribution in [-0.4, -0.2) is 11.5 Å². The molecule has 1 N–H and O–H groups in total.